The largest absolute Gasteiger partial charge is 0.296 e. The van der Waals surface area contributed by atoms with Crippen molar-refractivity contribution in [3.63, 3.8) is 0 Å². The highest BCUT2D eigenvalue weighted by Gasteiger charge is 2.18. The van der Waals surface area contributed by atoms with Gasteiger partial charge in [0, 0.05) is 48.0 Å². The maximum absolute atomic E-state index is 13.2. The summed E-state index contributed by atoms with van der Waals surface area (Å²) in [5.41, 5.74) is 5.06. The Morgan fingerprint density at radius 2 is 1.97 bits per heavy atom. The fraction of sp³-hybridized carbons (Fsp3) is 0.364. The number of anilines is 1. The van der Waals surface area contributed by atoms with Crippen molar-refractivity contribution in [3.05, 3.63) is 62.1 Å². The predicted molar refractivity (Wildman–Crippen MR) is 141 cm³/mol. The Labute approximate surface area is 213 Å². The van der Waals surface area contributed by atoms with Crippen LogP contribution in [-0.2, 0) is 17.3 Å². The van der Waals surface area contributed by atoms with Crippen LogP contribution < -0.4 is 11.0 Å². The second-order valence-corrected chi connectivity index (χ2v) is 11.5. The van der Waals surface area contributed by atoms with Crippen LogP contribution in [0.5, 0.6) is 0 Å². The van der Waals surface area contributed by atoms with E-state index in [1.165, 1.54) is 11.0 Å². The summed E-state index contributed by atoms with van der Waals surface area (Å²) in [4.78, 5) is 20.7. The zero-order valence-corrected chi connectivity index (χ0v) is 22.4. The van der Waals surface area contributed by atoms with Gasteiger partial charge in [-0.05, 0) is 42.2 Å². The van der Waals surface area contributed by atoms with Crippen molar-refractivity contribution in [2.24, 2.45) is 0 Å². The molecule has 11 heteroatoms. The molecule has 1 aliphatic heterocycles. The highest BCUT2D eigenvalue weighted by molar-refractivity contribution is 9.10. The highest BCUT2D eigenvalue weighted by Crippen LogP contribution is 2.26. The van der Waals surface area contributed by atoms with Crippen LogP contribution in [0.4, 0.5) is 5.69 Å². The lowest BCUT2D eigenvalue weighted by Gasteiger charge is -2.33. The lowest BCUT2D eigenvalue weighted by molar-refractivity contribution is 0.189. The average Bonchev–Trinajstić information content (AvgIpc) is 2.82. The number of piperazine rings is 1. The van der Waals surface area contributed by atoms with Gasteiger partial charge in [0.15, 0.2) is 0 Å². The second-order valence-electron chi connectivity index (χ2n) is 7.65. The molecule has 1 N–H and O–H groups in total. The number of hydrogen-bond donors (Lipinski definition) is 1. The smallest absolute Gasteiger partial charge is 0.280 e. The van der Waals surface area contributed by atoms with Gasteiger partial charge in [-0.1, -0.05) is 46.4 Å². The number of nitrogens with one attached hydrogen (secondary N) is 1. The second kappa shape index (κ2) is 10.9. The Kier molecular flexibility index (Phi) is 8.14. The first-order valence-corrected chi connectivity index (χ1v) is 14.2. The van der Waals surface area contributed by atoms with Gasteiger partial charge in [-0.2, -0.15) is 0 Å². The van der Waals surface area contributed by atoms with Crippen molar-refractivity contribution in [2.45, 2.75) is 18.4 Å². The van der Waals surface area contributed by atoms with Crippen LogP contribution in [0.1, 0.15) is 12.5 Å². The lowest BCUT2D eigenvalue weighted by atomic mass is 10.1. The first-order valence-electron chi connectivity index (χ1n) is 10.6. The first kappa shape index (κ1) is 24.7. The molecule has 0 amide bonds. The molecule has 176 valence electrons. The monoisotopic (exact) mass is 569 g/mol. The van der Waals surface area contributed by atoms with Gasteiger partial charge in [0.05, 0.1) is 32.3 Å². The van der Waals surface area contributed by atoms with E-state index >= 15 is 0 Å². The molecular formula is C22H25BrClN5O2S2. The Hall–Kier alpha value is -1.43. The van der Waals surface area contributed by atoms with E-state index < -0.39 is 10.8 Å². The molecule has 33 heavy (non-hydrogen) atoms. The molecule has 0 radical (unpaired) electrons. The van der Waals surface area contributed by atoms with E-state index in [2.05, 4.69) is 41.8 Å². The van der Waals surface area contributed by atoms with E-state index in [0.29, 0.717) is 32.3 Å². The summed E-state index contributed by atoms with van der Waals surface area (Å²) in [5.74, 6) is 0.462. The minimum Gasteiger partial charge on any atom is -0.296 e. The maximum atomic E-state index is 13.2. The number of rotatable bonds is 7. The average molecular weight is 571 g/mol. The number of fused-ring (bicyclic) bond motifs is 1. The predicted octanol–water partition coefficient (Wildman–Crippen LogP) is 4.21. The summed E-state index contributed by atoms with van der Waals surface area (Å²) in [6, 6.07) is 8.88. The number of aromatic nitrogens is 2. The minimum atomic E-state index is -1.20. The molecule has 1 unspecified atom stereocenters. The molecular weight excluding hydrogens is 546 g/mol. The van der Waals surface area contributed by atoms with Crippen LogP contribution in [-0.4, -0.2) is 61.3 Å². The molecule has 1 saturated heterocycles. The molecule has 1 aromatic heterocycles. The van der Waals surface area contributed by atoms with Crippen LogP contribution in [0, 0.1) is 0 Å². The van der Waals surface area contributed by atoms with Gasteiger partial charge >= 0.3 is 0 Å². The molecule has 1 atom stereocenters. The lowest BCUT2D eigenvalue weighted by Crippen LogP contribution is -2.42. The van der Waals surface area contributed by atoms with Crippen molar-refractivity contribution >= 4 is 66.9 Å². The maximum Gasteiger partial charge on any atom is 0.280 e. The molecule has 1 aliphatic rings. The molecule has 4 rings (SSSR count). The van der Waals surface area contributed by atoms with Crippen LogP contribution >= 0.6 is 39.5 Å². The van der Waals surface area contributed by atoms with Crippen molar-refractivity contribution in [2.75, 3.05) is 43.6 Å². The van der Waals surface area contributed by atoms with E-state index in [4.69, 9.17) is 11.6 Å². The number of hydrogen-bond acceptors (Lipinski definition) is 7. The summed E-state index contributed by atoms with van der Waals surface area (Å²) in [7, 11) is -1.20. The van der Waals surface area contributed by atoms with Gasteiger partial charge in [0.1, 0.15) is 6.33 Å². The Balaban J connectivity index is 1.61. The van der Waals surface area contributed by atoms with Crippen LogP contribution in [0.3, 0.4) is 0 Å². The summed E-state index contributed by atoms with van der Waals surface area (Å²) < 4.78 is 17.0. The van der Waals surface area contributed by atoms with E-state index in [0.717, 1.165) is 42.8 Å². The number of nitrogens with zero attached hydrogens (tertiary/aromatic N) is 4. The molecule has 3 aromatic rings. The van der Waals surface area contributed by atoms with Crippen molar-refractivity contribution < 1.29 is 4.21 Å². The van der Waals surface area contributed by atoms with E-state index in [-0.39, 0.29) is 5.56 Å². The van der Waals surface area contributed by atoms with Gasteiger partial charge in [0.2, 0.25) is 0 Å². The van der Waals surface area contributed by atoms with E-state index in [1.807, 2.05) is 19.1 Å². The van der Waals surface area contributed by atoms with Crippen LogP contribution in [0.25, 0.3) is 10.9 Å². The van der Waals surface area contributed by atoms with E-state index in [1.54, 1.807) is 30.1 Å². The topological polar surface area (TPSA) is 70.5 Å². The summed E-state index contributed by atoms with van der Waals surface area (Å²) in [6.45, 7) is 6.73. The van der Waals surface area contributed by atoms with Crippen molar-refractivity contribution in [3.8, 4) is 0 Å². The third-order valence-electron chi connectivity index (χ3n) is 5.60. The molecule has 2 heterocycles. The first-order chi connectivity index (χ1) is 15.9. The summed E-state index contributed by atoms with van der Waals surface area (Å²) in [6.07, 6.45) is 3.57. The molecule has 0 aliphatic carbocycles. The number of halogens is 2. The number of benzene rings is 2. The quantitative estimate of drug-likeness (QED) is 0.427. The Morgan fingerprint density at radius 3 is 2.67 bits per heavy atom. The zero-order chi connectivity index (χ0) is 23.5. The molecule has 0 bridgehead atoms. The fourth-order valence-electron chi connectivity index (χ4n) is 3.77. The molecule has 2 aromatic carbocycles. The Bertz CT molecular complexity index is 1250. The zero-order valence-electron chi connectivity index (χ0n) is 18.4. The fourth-order valence-corrected chi connectivity index (χ4v) is 5.82. The normalized spacial score (nSPS) is 16.2. The highest BCUT2D eigenvalue weighted by atomic mass is 79.9. The van der Waals surface area contributed by atoms with Gasteiger partial charge < -0.3 is 0 Å². The van der Waals surface area contributed by atoms with Gasteiger partial charge in [0.25, 0.3) is 5.56 Å². The minimum absolute atomic E-state index is 0.242. The summed E-state index contributed by atoms with van der Waals surface area (Å²) in [5, 5.41) is 0.981. The molecule has 0 saturated carbocycles. The van der Waals surface area contributed by atoms with Crippen LogP contribution in [0.2, 0.25) is 5.02 Å². The van der Waals surface area contributed by atoms with Crippen LogP contribution in [0.15, 0.2) is 50.8 Å². The van der Waals surface area contributed by atoms with E-state index in [9.17, 15) is 9.00 Å². The van der Waals surface area contributed by atoms with Crippen molar-refractivity contribution in [1.29, 1.82) is 0 Å². The SMILES string of the molecule is CCS(=O)c1ccc(Cl)cc1Nn1cnc2cc(CN3CCN(SC)CC3)c(Br)cc2c1=O. The van der Waals surface area contributed by atoms with Gasteiger partial charge in [-0.3, -0.25) is 19.3 Å². The standard InChI is InChI=1S/C22H25BrClN5O2S2/c1-3-33(31)21-5-4-16(24)11-20(21)26-29-14-25-19-10-15(18(23)12-17(19)22(29)30)13-27-6-8-28(32-2)9-7-27/h4-5,10-12,14,26H,3,6-9,13H2,1-2H3. The molecule has 0 spiro atoms. The molecule has 1 fully saturated rings. The molecule has 7 nitrogen and oxygen atoms in total. The van der Waals surface area contributed by atoms with Crippen molar-refractivity contribution in [1.82, 2.24) is 18.9 Å². The Morgan fingerprint density at radius 1 is 1.21 bits per heavy atom. The summed E-state index contributed by atoms with van der Waals surface area (Å²) >= 11 is 11.6. The van der Waals surface area contributed by atoms with Gasteiger partial charge in [-0.15, -0.1) is 0 Å². The third-order valence-corrected chi connectivity index (χ3v) is 8.83. The third kappa shape index (κ3) is 5.63. The van der Waals surface area contributed by atoms with Gasteiger partial charge in [-0.25, -0.2) is 14.0 Å².